The van der Waals surface area contributed by atoms with E-state index in [-0.39, 0.29) is 17.9 Å². The normalized spacial score (nSPS) is 11.0. The third kappa shape index (κ3) is 3.74. The predicted molar refractivity (Wildman–Crippen MR) is 109 cm³/mol. The second-order valence-electron chi connectivity index (χ2n) is 6.32. The molecular weight excluding hydrogens is 368 g/mol. The summed E-state index contributed by atoms with van der Waals surface area (Å²) < 4.78 is 1.05. The third-order valence-corrected chi connectivity index (χ3v) is 5.45. The van der Waals surface area contributed by atoms with Crippen LogP contribution in [-0.2, 0) is 0 Å². The van der Waals surface area contributed by atoms with Crippen molar-refractivity contribution in [2.75, 3.05) is 5.32 Å². The molecule has 3 aromatic rings. The first-order chi connectivity index (χ1) is 12.4. The minimum atomic E-state index is -0.250. The summed E-state index contributed by atoms with van der Waals surface area (Å²) in [6.07, 6.45) is 0. The molecule has 26 heavy (non-hydrogen) atoms. The maximum absolute atomic E-state index is 12.8. The summed E-state index contributed by atoms with van der Waals surface area (Å²) in [5.41, 5.74) is 1.71. The second-order valence-corrected chi connectivity index (χ2v) is 7.81. The lowest BCUT2D eigenvalue weighted by Crippen LogP contribution is -2.31. The van der Waals surface area contributed by atoms with Crippen molar-refractivity contribution in [2.24, 2.45) is 0 Å². The molecule has 0 radical (unpaired) electrons. The fourth-order valence-corrected chi connectivity index (χ4v) is 4.00. The fraction of sp³-hybridized carbons (Fsp3) is 0.200. The summed E-state index contributed by atoms with van der Waals surface area (Å²) in [6, 6.07) is 12.7. The smallest absolute Gasteiger partial charge is 0.266 e. The molecule has 0 unspecified atom stereocenters. The Morgan fingerprint density at radius 1 is 1.08 bits per heavy atom. The number of anilines is 1. The number of hydrogen-bond acceptors (Lipinski definition) is 3. The van der Waals surface area contributed by atoms with E-state index in [0.29, 0.717) is 21.2 Å². The lowest BCUT2D eigenvalue weighted by atomic mass is 10.1. The Bertz CT molecular complexity index is 995. The zero-order valence-electron chi connectivity index (χ0n) is 14.7. The molecule has 0 aliphatic rings. The molecule has 0 atom stereocenters. The summed E-state index contributed by atoms with van der Waals surface area (Å²) >= 11 is 7.51. The lowest BCUT2D eigenvalue weighted by Gasteiger charge is -2.13. The van der Waals surface area contributed by atoms with Crippen LogP contribution in [0.4, 0.5) is 5.69 Å². The predicted octanol–water partition coefficient (Wildman–Crippen LogP) is 5.25. The lowest BCUT2D eigenvalue weighted by molar-refractivity contribution is 0.0944. The van der Waals surface area contributed by atoms with E-state index in [1.165, 1.54) is 11.3 Å². The molecule has 0 aliphatic heterocycles. The minimum Gasteiger partial charge on any atom is -0.350 e. The maximum Gasteiger partial charge on any atom is 0.266 e. The van der Waals surface area contributed by atoms with E-state index in [1.807, 2.05) is 45.0 Å². The van der Waals surface area contributed by atoms with Crippen LogP contribution in [0.1, 0.15) is 39.4 Å². The minimum absolute atomic E-state index is 0.00781. The van der Waals surface area contributed by atoms with Gasteiger partial charge in [0.15, 0.2) is 0 Å². The Morgan fingerprint density at radius 3 is 2.50 bits per heavy atom. The number of thiophene rings is 1. The molecule has 1 aromatic heterocycles. The van der Waals surface area contributed by atoms with E-state index >= 15 is 0 Å². The number of carbonyl (C=O) groups is 2. The number of aryl methyl sites for hydroxylation is 1. The number of fused-ring (bicyclic) bond motifs is 1. The summed E-state index contributed by atoms with van der Waals surface area (Å²) in [5, 5.41) is 7.20. The zero-order valence-corrected chi connectivity index (χ0v) is 16.3. The SMILES string of the molecule is Cc1c(C(=O)Nc2cc(Cl)ccc2C(=O)NC(C)C)sc2ccccc12. The van der Waals surface area contributed by atoms with Crippen molar-refractivity contribution < 1.29 is 9.59 Å². The molecule has 2 N–H and O–H groups in total. The average molecular weight is 387 g/mol. The molecule has 2 amide bonds. The molecule has 0 aliphatic carbocycles. The largest absolute Gasteiger partial charge is 0.350 e. The quantitative estimate of drug-likeness (QED) is 0.643. The van der Waals surface area contributed by atoms with Gasteiger partial charge in [0.25, 0.3) is 11.8 Å². The standard InChI is InChI=1S/C20H19ClN2O2S/c1-11(2)22-19(24)15-9-8-13(21)10-16(15)23-20(25)18-12(3)14-6-4-5-7-17(14)26-18/h4-11H,1-3H3,(H,22,24)(H,23,25). The van der Waals surface area contributed by atoms with E-state index in [9.17, 15) is 9.59 Å². The van der Waals surface area contributed by atoms with E-state index in [2.05, 4.69) is 10.6 Å². The van der Waals surface area contributed by atoms with Crippen molar-refractivity contribution in [2.45, 2.75) is 26.8 Å². The molecule has 6 heteroatoms. The number of halogens is 1. The number of carbonyl (C=O) groups excluding carboxylic acids is 2. The van der Waals surface area contributed by atoms with Crippen LogP contribution < -0.4 is 10.6 Å². The van der Waals surface area contributed by atoms with Gasteiger partial charge in [0.2, 0.25) is 0 Å². The van der Waals surface area contributed by atoms with Crippen LogP contribution in [-0.4, -0.2) is 17.9 Å². The third-order valence-electron chi connectivity index (χ3n) is 3.94. The van der Waals surface area contributed by atoms with Gasteiger partial charge in [0, 0.05) is 15.8 Å². The summed E-state index contributed by atoms with van der Waals surface area (Å²) in [6.45, 7) is 5.69. The van der Waals surface area contributed by atoms with E-state index < -0.39 is 0 Å². The monoisotopic (exact) mass is 386 g/mol. The van der Waals surface area contributed by atoms with Gasteiger partial charge in [0.05, 0.1) is 16.1 Å². The molecule has 0 spiro atoms. The Labute approximate surface area is 161 Å². The highest BCUT2D eigenvalue weighted by molar-refractivity contribution is 7.21. The topological polar surface area (TPSA) is 58.2 Å². The molecule has 4 nitrogen and oxygen atoms in total. The highest BCUT2D eigenvalue weighted by Gasteiger charge is 2.19. The first kappa shape index (κ1) is 18.4. The van der Waals surface area contributed by atoms with E-state index in [1.54, 1.807) is 18.2 Å². The van der Waals surface area contributed by atoms with Gasteiger partial charge in [-0.15, -0.1) is 11.3 Å². The van der Waals surface area contributed by atoms with Gasteiger partial charge in [-0.3, -0.25) is 9.59 Å². The van der Waals surface area contributed by atoms with Gasteiger partial charge in [-0.25, -0.2) is 0 Å². The molecule has 0 saturated heterocycles. The van der Waals surface area contributed by atoms with Crippen molar-refractivity contribution in [3.05, 3.63) is 63.5 Å². The summed E-state index contributed by atoms with van der Waals surface area (Å²) in [7, 11) is 0. The van der Waals surface area contributed by atoms with Gasteiger partial charge in [-0.05, 0) is 56.0 Å². The highest BCUT2D eigenvalue weighted by atomic mass is 35.5. The van der Waals surface area contributed by atoms with Gasteiger partial charge >= 0.3 is 0 Å². The van der Waals surface area contributed by atoms with Crippen LogP contribution in [0.2, 0.25) is 5.02 Å². The fourth-order valence-electron chi connectivity index (χ4n) is 2.73. The maximum atomic E-state index is 12.8. The Hall–Kier alpha value is -2.37. The first-order valence-corrected chi connectivity index (χ1v) is 9.46. The van der Waals surface area contributed by atoms with Crippen LogP contribution in [0, 0.1) is 6.92 Å². The Kier molecular flexibility index (Phi) is 5.30. The molecule has 1 heterocycles. The van der Waals surface area contributed by atoms with Gasteiger partial charge in [-0.2, -0.15) is 0 Å². The van der Waals surface area contributed by atoms with Gasteiger partial charge < -0.3 is 10.6 Å². The summed E-state index contributed by atoms with van der Waals surface area (Å²) in [4.78, 5) is 25.9. The molecular formula is C20H19ClN2O2S. The van der Waals surface area contributed by atoms with Crippen molar-refractivity contribution >= 4 is 50.5 Å². The van der Waals surface area contributed by atoms with Crippen molar-refractivity contribution in [3.8, 4) is 0 Å². The van der Waals surface area contributed by atoms with Crippen LogP contribution in [0.3, 0.4) is 0 Å². The van der Waals surface area contributed by atoms with Crippen molar-refractivity contribution in [3.63, 3.8) is 0 Å². The molecule has 0 saturated carbocycles. The molecule has 0 bridgehead atoms. The highest BCUT2D eigenvalue weighted by Crippen LogP contribution is 2.31. The second kappa shape index (κ2) is 7.48. The molecule has 2 aromatic carbocycles. The number of amides is 2. The van der Waals surface area contributed by atoms with Gasteiger partial charge in [-0.1, -0.05) is 29.8 Å². The Morgan fingerprint density at radius 2 is 1.81 bits per heavy atom. The van der Waals surface area contributed by atoms with Gasteiger partial charge in [0.1, 0.15) is 0 Å². The molecule has 0 fully saturated rings. The summed E-state index contributed by atoms with van der Waals surface area (Å²) in [5.74, 6) is -0.496. The van der Waals surface area contributed by atoms with Crippen LogP contribution in [0.5, 0.6) is 0 Å². The van der Waals surface area contributed by atoms with Crippen molar-refractivity contribution in [1.82, 2.24) is 5.32 Å². The van der Waals surface area contributed by atoms with Crippen LogP contribution >= 0.6 is 22.9 Å². The molecule has 134 valence electrons. The number of hydrogen-bond donors (Lipinski definition) is 2. The van der Waals surface area contributed by atoms with Crippen molar-refractivity contribution in [1.29, 1.82) is 0 Å². The van der Waals surface area contributed by atoms with Crippen LogP contribution in [0.15, 0.2) is 42.5 Å². The van der Waals surface area contributed by atoms with E-state index in [4.69, 9.17) is 11.6 Å². The van der Waals surface area contributed by atoms with E-state index in [0.717, 1.165) is 15.6 Å². The average Bonchev–Trinajstić information content (AvgIpc) is 2.92. The first-order valence-electron chi connectivity index (χ1n) is 8.26. The Balaban J connectivity index is 1.94. The number of benzene rings is 2. The number of nitrogens with one attached hydrogen (secondary N) is 2. The zero-order chi connectivity index (χ0) is 18.8. The van der Waals surface area contributed by atoms with Crippen LogP contribution in [0.25, 0.3) is 10.1 Å². The number of rotatable bonds is 4. The molecule has 3 rings (SSSR count).